The van der Waals surface area contributed by atoms with E-state index < -0.39 is 0 Å². The number of tetrazole rings is 1. The lowest BCUT2D eigenvalue weighted by Gasteiger charge is -2.36. The highest BCUT2D eigenvalue weighted by Gasteiger charge is 2.27. The minimum atomic E-state index is 0.105. The van der Waals surface area contributed by atoms with Gasteiger partial charge in [0.25, 0.3) is 0 Å². The van der Waals surface area contributed by atoms with Crippen LogP contribution in [0.5, 0.6) is 0 Å². The van der Waals surface area contributed by atoms with Gasteiger partial charge in [0, 0.05) is 32.6 Å². The highest BCUT2D eigenvalue weighted by Crippen LogP contribution is 2.23. The van der Waals surface area contributed by atoms with Crippen LogP contribution in [0.15, 0.2) is 28.8 Å². The summed E-state index contributed by atoms with van der Waals surface area (Å²) in [6, 6.07) is 8.31. The van der Waals surface area contributed by atoms with Crippen LogP contribution >= 0.6 is 0 Å². The molecular weight excluding hydrogens is 344 g/mol. The van der Waals surface area contributed by atoms with Gasteiger partial charge in [-0.1, -0.05) is 34.9 Å². The predicted octanol–water partition coefficient (Wildman–Crippen LogP) is 1.80. The lowest BCUT2D eigenvalue weighted by Crippen LogP contribution is -2.48. The number of aryl methyl sites for hydroxylation is 2. The van der Waals surface area contributed by atoms with Gasteiger partial charge in [-0.15, -0.1) is 0 Å². The standard InChI is InChI=1S/C18H24N8O/c1-4-16-19-17(27-21-16)14(3)24-9-11-25(12-10-24)18-20-22-23-26(18)15-7-5-13(2)6-8-15/h5-8,14H,4,9-12H2,1-3H3. The monoisotopic (exact) mass is 368 g/mol. The van der Waals surface area contributed by atoms with Crippen LogP contribution in [0.3, 0.4) is 0 Å². The van der Waals surface area contributed by atoms with Gasteiger partial charge in [-0.05, 0) is 36.4 Å². The van der Waals surface area contributed by atoms with Crippen molar-refractivity contribution in [1.82, 2.24) is 35.2 Å². The second-order valence-corrected chi connectivity index (χ2v) is 6.83. The van der Waals surface area contributed by atoms with E-state index in [0.717, 1.165) is 50.1 Å². The first-order valence-corrected chi connectivity index (χ1v) is 9.32. The normalized spacial score (nSPS) is 16.6. The maximum absolute atomic E-state index is 5.40. The van der Waals surface area contributed by atoms with Gasteiger partial charge in [-0.2, -0.15) is 9.67 Å². The molecule has 0 N–H and O–H groups in total. The van der Waals surface area contributed by atoms with Crippen LogP contribution in [0.2, 0.25) is 0 Å². The number of piperazine rings is 1. The Balaban J connectivity index is 1.44. The van der Waals surface area contributed by atoms with Gasteiger partial charge >= 0.3 is 0 Å². The van der Waals surface area contributed by atoms with Crippen molar-refractivity contribution in [2.75, 3.05) is 31.1 Å². The van der Waals surface area contributed by atoms with E-state index in [9.17, 15) is 0 Å². The molecule has 9 heteroatoms. The van der Waals surface area contributed by atoms with Crippen LogP contribution < -0.4 is 4.90 Å². The molecule has 0 bridgehead atoms. The molecule has 1 aromatic carbocycles. The number of nitrogens with zero attached hydrogens (tertiary/aromatic N) is 8. The van der Waals surface area contributed by atoms with E-state index in [-0.39, 0.29) is 6.04 Å². The molecule has 4 rings (SSSR count). The molecule has 2 aromatic heterocycles. The van der Waals surface area contributed by atoms with Crippen LogP contribution in [0.1, 0.15) is 37.2 Å². The van der Waals surface area contributed by atoms with Crippen LogP contribution in [0, 0.1) is 6.92 Å². The van der Waals surface area contributed by atoms with Crippen molar-refractivity contribution in [1.29, 1.82) is 0 Å². The topological polar surface area (TPSA) is 89.0 Å². The third-order valence-electron chi connectivity index (χ3n) is 5.03. The van der Waals surface area contributed by atoms with Gasteiger partial charge in [-0.25, -0.2) is 0 Å². The summed E-state index contributed by atoms with van der Waals surface area (Å²) in [6.45, 7) is 9.64. The molecule has 9 nitrogen and oxygen atoms in total. The summed E-state index contributed by atoms with van der Waals surface area (Å²) in [5.41, 5.74) is 2.18. The second-order valence-electron chi connectivity index (χ2n) is 6.83. The first kappa shape index (κ1) is 17.6. The van der Waals surface area contributed by atoms with Gasteiger partial charge < -0.3 is 9.42 Å². The Kier molecular flexibility index (Phi) is 4.85. The van der Waals surface area contributed by atoms with Crippen molar-refractivity contribution in [3.63, 3.8) is 0 Å². The minimum absolute atomic E-state index is 0.105. The number of anilines is 1. The van der Waals surface area contributed by atoms with Gasteiger partial charge in [0.2, 0.25) is 11.8 Å². The molecule has 1 unspecified atom stereocenters. The van der Waals surface area contributed by atoms with Crippen molar-refractivity contribution in [2.45, 2.75) is 33.2 Å². The van der Waals surface area contributed by atoms with Gasteiger partial charge in [-0.3, -0.25) is 4.90 Å². The van der Waals surface area contributed by atoms with E-state index in [1.807, 2.05) is 19.1 Å². The zero-order valence-electron chi connectivity index (χ0n) is 15.9. The van der Waals surface area contributed by atoms with E-state index in [1.165, 1.54) is 5.56 Å². The van der Waals surface area contributed by atoms with E-state index in [4.69, 9.17) is 4.52 Å². The Bertz CT molecular complexity index is 879. The fourth-order valence-electron chi connectivity index (χ4n) is 3.28. The van der Waals surface area contributed by atoms with Crippen LogP contribution in [0.25, 0.3) is 5.69 Å². The second kappa shape index (κ2) is 7.43. The molecule has 142 valence electrons. The molecule has 27 heavy (non-hydrogen) atoms. The molecule has 1 aliphatic heterocycles. The van der Waals surface area contributed by atoms with Crippen LogP contribution in [-0.2, 0) is 6.42 Å². The third-order valence-corrected chi connectivity index (χ3v) is 5.03. The summed E-state index contributed by atoms with van der Waals surface area (Å²) in [4.78, 5) is 9.03. The molecule has 1 saturated heterocycles. The summed E-state index contributed by atoms with van der Waals surface area (Å²) in [7, 11) is 0. The smallest absolute Gasteiger partial charge is 0.250 e. The molecule has 1 fully saturated rings. The number of rotatable bonds is 5. The molecule has 0 aliphatic carbocycles. The summed E-state index contributed by atoms with van der Waals surface area (Å²) in [5.74, 6) is 2.22. The quantitative estimate of drug-likeness (QED) is 0.673. The summed E-state index contributed by atoms with van der Waals surface area (Å²) in [5, 5.41) is 16.3. The Morgan fingerprint density at radius 1 is 1.11 bits per heavy atom. The first-order valence-electron chi connectivity index (χ1n) is 9.32. The highest BCUT2D eigenvalue weighted by molar-refractivity contribution is 5.42. The zero-order chi connectivity index (χ0) is 18.8. The van der Waals surface area contributed by atoms with Crippen molar-refractivity contribution >= 4 is 5.95 Å². The highest BCUT2D eigenvalue weighted by atomic mass is 16.5. The molecule has 3 aromatic rings. The fourth-order valence-corrected chi connectivity index (χ4v) is 3.28. The van der Waals surface area contributed by atoms with Gasteiger partial charge in [0.15, 0.2) is 5.82 Å². The summed E-state index contributed by atoms with van der Waals surface area (Å²) >= 11 is 0. The van der Waals surface area contributed by atoms with Gasteiger partial charge in [0.05, 0.1) is 11.7 Å². The Labute approximate surface area is 158 Å². The molecule has 0 radical (unpaired) electrons. The van der Waals surface area contributed by atoms with Crippen LogP contribution in [-0.4, -0.2) is 61.4 Å². The van der Waals surface area contributed by atoms with Gasteiger partial charge in [0.1, 0.15) is 0 Å². The van der Waals surface area contributed by atoms with E-state index in [2.05, 4.69) is 61.4 Å². The molecular formula is C18H24N8O. The van der Waals surface area contributed by atoms with Crippen molar-refractivity contribution in [2.24, 2.45) is 0 Å². The lowest BCUT2D eigenvalue weighted by molar-refractivity contribution is 0.163. The largest absolute Gasteiger partial charge is 0.338 e. The van der Waals surface area contributed by atoms with Crippen molar-refractivity contribution in [3.05, 3.63) is 41.5 Å². The molecule has 1 aliphatic rings. The number of hydrogen-bond acceptors (Lipinski definition) is 8. The number of aromatic nitrogens is 6. The Hall–Kier alpha value is -2.81. The molecule has 3 heterocycles. The fraction of sp³-hybridized carbons (Fsp3) is 0.500. The zero-order valence-corrected chi connectivity index (χ0v) is 15.9. The molecule has 0 saturated carbocycles. The van der Waals surface area contributed by atoms with E-state index >= 15 is 0 Å². The summed E-state index contributed by atoms with van der Waals surface area (Å²) in [6.07, 6.45) is 0.783. The maximum atomic E-state index is 5.40. The number of hydrogen-bond donors (Lipinski definition) is 0. The Morgan fingerprint density at radius 2 is 1.85 bits per heavy atom. The third kappa shape index (κ3) is 3.55. The molecule has 1 atom stereocenters. The number of benzene rings is 1. The van der Waals surface area contributed by atoms with Crippen molar-refractivity contribution < 1.29 is 4.52 Å². The van der Waals surface area contributed by atoms with Crippen LogP contribution in [0.4, 0.5) is 5.95 Å². The SMILES string of the molecule is CCc1noc(C(C)N2CCN(c3nnnn3-c3ccc(C)cc3)CC2)n1. The van der Waals surface area contributed by atoms with E-state index in [1.54, 1.807) is 4.68 Å². The van der Waals surface area contributed by atoms with Crippen molar-refractivity contribution in [3.8, 4) is 5.69 Å². The molecule has 0 amide bonds. The molecule has 0 spiro atoms. The average Bonchev–Trinajstić information content (AvgIpc) is 3.38. The summed E-state index contributed by atoms with van der Waals surface area (Å²) < 4.78 is 7.20. The average molecular weight is 368 g/mol. The predicted molar refractivity (Wildman–Crippen MR) is 99.8 cm³/mol. The lowest BCUT2D eigenvalue weighted by atomic mass is 10.2. The Morgan fingerprint density at radius 3 is 2.52 bits per heavy atom. The first-order chi connectivity index (χ1) is 13.2. The minimum Gasteiger partial charge on any atom is -0.338 e. The van der Waals surface area contributed by atoms with E-state index in [0.29, 0.717) is 5.89 Å². The maximum Gasteiger partial charge on any atom is 0.250 e.